The van der Waals surface area contributed by atoms with E-state index in [0.717, 1.165) is 22.7 Å². The summed E-state index contributed by atoms with van der Waals surface area (Å²) in [5.74, 6) is -4.19. The number of alkyl halides is 2. The Morgan fingerprint density at radius 2 is 1.93 bits per heavy atom. The van der Waals surface area contributed by atoms with Gasteiger partial charge in [0.15, 0.2) is 5.65 Å². The molecule has 28 heavy (non-hydrogen) atoms. The normalized spacial score (nSPS) is 14.3. The van der Waals surface area contributed by atoms with Crippen molar-refractivity contribution >= 4 is 26.8 Å². The summed E-state index contributed by atoms with van der Waals surface area (Å²) in [6.45, 7) is 0.523. The Labute approximate surface area is 159 Å². The lowest BCUT2D eigenvalue weighted by atomic mass is 10.0. The quantitative estimate of drug-likeness (QED) is 0.672. The average molecular weight is 403 g/mol. The summed E-state index contributed by atoms with van der Waals surface area (Å²) in [4.78, 5) is 22.5. The van der Waals surface area contributed by atoms with Crippen LogP contribution in [0, 0.1) is 0 Å². The molecule has 1 amide bonds. The van der Waals surface area contributed by atoms with E-state index in [2.05, 4.69) is 9.97 Å². The summed E-state index contributed by atoms with van der Waals surface area (Å²) in [5, 5.41) is 0.830. The number of aromatic nitrogens is 2. The molecule has 3 aromatic rings. The summed E-state index contributed by atoms with van der Waals surface area (Å²) in [6.07, 6.45) is 2.12. The average Bonchev–Trinajstić information content (AvgIpc) is 2.71. The lowest BCUT2D eigenvalue weighted by Gasteiger charge is -2.29. The highest BCUT2D eigenvalue weighted by atomic mass is 32.2. The summed E-state index contributed by atoms with van der Waals surface area (Å²) in [6, 6.07) is 10.6. The molecule has 0 fully saturated rings. The van der Waals surface area contributed by atoms with Gasteiger partial charge in [0.2, 0.25) is 9.84 Å². The molecular formula is C19H15F2N3O3S. The minimum absolute atomic E-state index is 0.217. The molecule has 0 saturated carbocycles. The minimum Gasteiger partial charge on any atom is -0.334 e. The van der Waals surface area contributed by atoms with Crippen LogP contribution in [0.15, 0.2) is 53.6 Å². The predicted molar refractivity (Wildman–Crippen MR) is 97.6 cm³/mol. The van der Waals surface area contributed by atoms with Gasteiger partial charge < -0.3 is 4.90 Å². The molecule has 6 nitrogen and oxygen atoms in total. The first kappa shape index (κ1) is 18.4. The zero-order valence-electron chi connectivity index (χ0n) is 14.5. The van der Waals surface area contributed by atoms with Gasteiger partial charge in [-0.3, -0.25) is 4.79 Å². The van der Waals surface area contributed by atoms with Crippen LogP contribution >= 0.6 is 0 Å². The second kappa shape index (κ2) is 6.90. The summed E-state index contributed by atoms with van der Waals surface area (Å²) in [7, 11) is -4.88. The van der Waals surface area contributed by atoms with Crippen molar-refractivity contribution in [2.24, 2.45) is 0 Å². The van der Waals surface area contributed by atoms with Crippen LogP contribution in [0.1, 0.15) is 21.6 Å². The molecule has 0 bridgehead atoms. The standard InChI is InChI=1S/C19H15F2N3O3S/c20-19(21)28(26,27)16-6-2-1-5-14(16)18(25)24-9-7-15-13(11-24)10-12-4-3-8-22-17(12)23-15/h1-6,8,10,19H,7,9,11H2. The Morgan fingerprint density at radius 1 is 1.14 bits per heavy atom. The van der Waals surface area contributed by atoms with Crippen LogP contribution in [-0.2, 0) is 22.8 Å². The van der Waals surface area contributed by atoms with Gasteiger partial charge >= 0.3 is 5.76 Å². The number of pyridine rings is 2. The van der Waals surface area contributed by atoms with Crippen LogP contribution in [-0.4, -0.2) is 41.5 Å². The molecule has 4 rings (SSSR count). The second-order valence-electron chi connectivity index (χ2n) is 6.42. The number of fused-ring (bicyclic) bond motifs is 2. The molecule has 2 aromatic heterocycles. The Bertz CT molecular complexity index is 1180. The SMILES string of the molecule is O=C(c1ccccc1S(=O)(=O)C(F)F)N1CCc2nc3ncccc3cc2C1. The number of rotatable bonds is 3. The Balaban J connectivity index is 1.69. The third-order valence-corrected chi connectivity index (χ3v) is 6.12. The number of carbonyl (C=O) groups excluding carboxylic acids is 1. The van der Waals surface area contributed by atoms with E-state index in [1.54, 1.807) is 12.3 Å². The van der Waals surface area contributed by atoms with Crippen molar-refractivity contribution in [1.82, 2.24) is 14.9 Å². The second-order valence-corrected chi connectivity index (χ2v) is 8.31. The van der Waals surface area contributed by atoms with Crippen molar-refractivity contribution in [2.45, 2.75) is 23.6 Å². The third-order valence-electron chi connectivity index (χ3n) is 4.68. The van der Waals surface area contributed by atoms with E-state index in [1.165, 1.54) is 23.1 Å². The molecule has 1 aliphatic heterocycles. The maximum absolute atomic E-state index is 13.0. The molecular weight excluding hydrogens is 388 g/mol. The van der Waals surface area contributed by atoms with Crippen molar-refractivity contribution in [3.8, 4) is 0 Å². The molecule has 144 valence electrons. The molecule has 1 aliphatic rings. The van der Waals surface area contributed by atoms with E-state index in [0.29, 0.717) is 18.6 Å². The molecule has 0 spiro atoms. The molecule has 9 heteroatoms. The fourth-order valence-electron chi connectivity index (χ4n) is 3.30. The van der Waals surface area contributed by atoms with Crippen molar-refractivity contribution in [2.75, 3.05) is 6.54 Å². The Kier molecular flexibility index (Phi) is 4.54. The zero-order chi connectivity index (χ0) is 19.9. The smallest absolute Gasteiger partial charge is 0.334 e. The number of nitrogens with zero attached hydrogens (tertiary/aromatic N) is 3. The van der Waals surface area contributed by atoms with Gasteiger partial charge in [0.1, 0.15) is 0 Å². The van der Waals surface area contributed by atoms with Gasteiger partial charge in [0, 0.05) is 36.8 Å². The van der Waals surface area contributed by atoms with Crippen molar-refractivity contribution in [1.29, 1.82) is 0 Å². The molecule has 0 radical (unpaired) electrons. The van der Waals surface area contributed by atoms with Gasteiger partial charge in [-0.25, -0.2) is 18.4 Å². The fraction of sp³-hybridized carbons (Fsp3) is 0.211. The molecule has 0 saturated heterocycles. The molecule has 1 aromatic carbocycles. The minimum atomic E-state index is -4.88. The van der Waals surface area contributed by atoms with Crippen LogP contribution in [0.2, 0.25) is 0 Å². The lowest BCUT2D eigenvalue weighted by Crippen LogP contribution is -2.37. The number of halogens is 2. The number of hydrogen-bond donors (Lipinski definition) is 0. The van der Waals surface area contributed by atoms with Gasteiger partial charge in [-0.2, -0.15) is 8.78 Å². The van der Waals surface area contributed by atoms with Gasteiger partial charge in [-0.05, 0) is 35.9 Å². The van der Waals surface area contributed by atoms with Gasteiger partial charge in [0.25, 0.3) is 5.91 Å². The Morgan fingerprint density at radius 3 is 2.71 bits per heavy atom. The van der Waals surface area contributed by atoms with Gasteiger partial charge in [-0.1, -0.05) is 12.1 Å². The van der Waals surface area contributed by atoms with E-state index in [-0.39, 0.29) is 12.1 Å². The zero-order valence-corrected chi connectivity index (χ0v) is 15.4. The van der Waals surface area contributed by atoms with Crippen LogP contribution < -0.4 is 0 Å². The molecule has 0 N–H and O–H groups in total. The number of sulfone groups is 1. The van der Waals surface area contributed by atoms with Crippen LogP contribution in [0.5, 0.6) is 0 Å². The van der Waals surface area contributed by atoms with Crippen molar-refractivity contribution < 1.29 is 22.0 Å². The van der Waals surface area contributed by atoms with E-state index in [1.807, 2.05) is 12.1 Å². The summed E-state index contributed by atoms with van der Waals surface area (Å²) < 4.78 is 49.9. The highest BCUT2D eigenvalue weighted by Crippen LogP contribution is 2.26. The molecule has 3 heterocycles. The lowest BCUT2D eigenvalue weighted by molar-refractivity contribution is 0.0729. The van der Waals surface area contributed by atoms with E-state index >= 15 is 0 Å². The van der Waals surface area contributed by atoms with Crippen molar-refractivity contribution in [3.05, 3.63) is 65.5 Å². The molecule has 0 unspecified atom stereocenters. The fourth-order valence-corrected chi connectivity index (χ4v) is 4.22. The summed E-state index contributed by atoms with van der Waals surface area (Å²) >= 11 is 0. The first-order valence-electron chi connectivity index (χ1n) is 8.52. The van der Waals surface area contributed by atoms with Gasteiger partial charge in [-0.15, -0.1) is 0 Å². The van der Waals surface area contributed by atoms with E-state index in [9.17, 15) is 22.0 Å². The maximum atomic E-state index is 13.0. The Hall–Kier alpha value is -2.94. The summed E-state index contributed by atoms with van der Waals surface area (Å²) in [5.41, 5.74) is 2.02. The largest absolute Gasteiger partial charge is 0.341 e. The van der Waals surface area contributed by atoms with E-state index < -0.39 is 26.4 Å². The molecule has 0 aliphatic carbocycles. The number of carbonyl (C=O) groups is 1. The number of benzene rings is 1. The monoisotopic (exact) mass is 403 g/mol. The number of amides is 1. The van der Waals surface area contributed by atoms with Gasteiger partial charge in [0.05, 0.1) is 10.5 Å². The van der Waals surface area contributed by atoms with Crippen molar-refractivity contribution in [3.63, 3.8) is 0 Å². The maximum Gasteiger partial charge on any atom is 0.341 e. The van der Waals surface area contributed by atoms with Crippen LogP contribution in [0.25, 0.3) is 11.0 Å². The first-order valence-corrected chi connectivity index (χ1v) is 10.1. The van der Waals surface area contributed by atoms with Crippen LogP contribution in [0.4, 0.5) is 8.78 Å². The topological polar surface area (TPSA) is 80.2 Å². The first-order chi connectivity index (χ1) is 13.4. The number of hydrogen-bond acceptors (Lipinski definition) is 5. The predicted octanol–water partition coefficient (Wildman–Crippen LogP) is 2.82. The highest BCUT2D eigenvalue weighted by Gasteiger charge is 2.33. The van der Waals surface area contributed by atoms with Crippen LogP contribution in [0.3, 0.4) is 0 Å². The third kappa shape index (κ3) is 3.11. The van der Waals surface area contributed by atoms with E-state index in [4.69, 9.17) is 0 Å². The molecule has 0 atom stereocenters. The highest BCUT2D eigenvalue weighted by molar-refractivity contribution is 7.91.